The maximum absolute atomic E-state index is 13.5. The summed E-state index contributed by atoms with van der Waals surface area (Å²) in [7, 11) is 0. The van der Waals surface area contributed by atoms with Crippen molar-refractivity contribution >= 4 is 16.9 Å². The van der Waals surface area contributed by atoms with Crippen molar-refractivity contribution in [2.75, 3.05) is 26.4 Å². The molecule has 1 aliphatic heterocycles. The van der Waals surface area contributed by atoms with E-state index in [0.29, 0.717) is 41.2 Å². The molecule has 0 fully saturated rings. The number of aryl methyl sites for hydroxylation is 1. The molecule has 0 radical (unpaired) electrons. The standard InChI is InChI=1S/C24H25NO6/c1-4-29-18-9-7-15(13-19(18)30-5-2)21-20-22(27)16-12-14(3)6-8-17(16)31-23(20)24(28)25(21)10-11-26/h6-9,12-13,21,26H,4-5,10-11H2,1-3H3/t21-/m1/s1. The van der Waals surface area contributed by atoms with Crippen molar-refractivity contribution in [2.24, 2.45) is 0 Å². The van der Waals surface area contributed by atoms with Crippen molar-refractivity contribution in [1.82, 2.24) is 4.90 Å². The number of β-amino-alcohol motifs (C(OH)–C–C–N with tert-alkyl or cyclic N) is 1. The summed E-state index contributed by atoms with van der Waals surface area (Å²) >= 11 is 0. The summed E-state index contributed by atoms with van der Waals surface area (Å²) in [6.07, 6.45) is 0. The van der Waals surface area contributed by atoms with Crippen molar-refractivity contribution in [3.63, 3.8) is 0 Å². The number of amides is 1. The minimum Gasteiger partial charge on any atom is -0.490 e. The average molecular weight is 423 g/mol. The number of hydrogen-bond donors (Lipinski definition) is 1. The normalized spacial score (nSPS) is 15.4. The van der Waals surface area contributed by atoms with E-state index >= 15 is 0 Å². The van der Waals surface area contributed by atoms with Crippen LogP contribution >= 0.6 is 0 Å². The van der Waals surface area contributed by atoms with E-state index in [4.69, 9.17) is 13.9 Å². The van der Waals surface area contributed by atoms with Crippen molar-refractivity contribution < 1.29 is 23.8 Å². The van der Waals surface area contributed by atoms with Gasteiger partial charge in [-0.1, -0.05) is 17.7 Å². The predicted octanol–water partition coefficient (Wildman–Crippen LogP) is 3.44. The Bertz CT molecular complexity index is 1200. The van der Waals surface area contributed by atoms with Gasteiger partial charge >= 0.3 is 0 Å². The zero-order valence-electron chi connectivity index (χ0n) is 17.8. The highest BCUT2D eigenvalue weighted by molar-refractivity contribution is 5.99. The van der Waals surface area contributed by atoms with Crippen molar-refractivity contribution in [3.05, 3.63) is 69.1 Å². The van der Waals surface area contributed by atoms with Gasteiger partial charge in [0, 0.05) is 6.54 Å². The number of carbonyl (C=O) groups excluding carboxylic acids is 1. The molecule has 7 heteroatoms. The number of benzene rings is 2. The van der Waals surface area contributed by atoms with Gasteiger partial charge in [0.1, 0.15) is 5.58 Å². The quantitative estimate of drug-likeness (QED) is 0.626. The van der Waals surface area contributed by atoms with Crippen LogP contribution in [-0.4, -0.2) is 42.3 Å². The molecular weight excluding hydrogens is 398 g/mol. The van der Waals surface area contributed by atoms with E-state index in [-0.39, 0.29) is 29.9 Å². The number of aliphatic hydroxyl groups excluding tert-OH is 1. The fraction of sp³-hybridized carbons (Fsp3) is 0.333. The fourth-order valence-electron chi connectivity index (χ4n) is 4.06. The van der Waals surface area contributed by atoms with Gasteiger partial charge in [-0.05, 0) is 50.6 Å². The second kappa shape index (κ2) is 8.43. The lowest BCUT2D eigenvalue weighted by Gasteiger charge is -2.25. The molecule has 1 amide bonds. The molecule has 3 aromatic rings. The van der Waals surface area contributed by atoms with Gasteiger partial charge in [-0.2, -0.15) is 0 Å². The lowest BCUT2D eigenvalue weighted by molar-refractivity contribution is 0.0691. The molecule has 1 atom stereocenters. The van der Waals surface area contributed by atoms with Gasteiger partial charge in [0.25, 0.3) is 5.91 Å². The highest BCUT2D eigenvalue weighted by Gasteiger charge is 2.42. The molecule has 0 bridgehead atoms. The highest BCUT2D eigenvalue weighted by atomic mass is 16.5. The molecule has 2 aromatic carbocycles. The van der Waals surface area contributed by atoms with Crippen LogP contribution in [0.2, 0.25) is 0 Å². The van der Waals surface area contributed by atoms with Crippen LogP contribution in [0.1, 0.15) is 47.1 Å². The molecule has 0 saturated carbocycles. The Morgan fingerprint density at radius 2 is 1.77 bits per heavy atom. The number of nitrogens with zero attached hydrogens (tertiary/aromatic N) is 1. The number of hydrogen-bond acceptors (Lipinski definition) is 6. The summed E-state index contributed by atoms with van der Waals surface area (Å²) < 4.78 is 17.3. The van der Waals surface area contributed by atoms with Crippen LogP contribution < -0.4 is 14.9 Å². The van der Waals surface area contributed by atoms with Crippen molar-refractivity contribution in [2.45, 2.75) is 26.8 Å². The van der Waals surface area contributed by atoms with E-state index in [1.165, 1.54) is 4.90 Å². The third-order valence-corrected chi connectivity index (χ3v) is 5.35. The van der Waals surface area contributed by atoms with Crippen molar-refractivity contribution in [1.29, 1.82) is 0 Å². The zero-order chi connectivity index (χ0) is 22.1. The summed E-state index contributed by atoms with van der Waals surface area (Å²) in [6, 6.07) is 9.98. The van der Waals surface area contributed by atoms with E-state index in [2.05, 4.69) is 0 Å². The van der Waals surface area contributed by atoms with E-state index in [9.17, 15) is 14.7 Å². The summed E-state index contributed by atoms with van der Waals surface area (Å²) in [5.41, 5.74) is 2.02. The first-order chi connectivity index (χ1) is 15.0. The third kappa shape index (κ3) is 3.55. The first kappa shape index (κ1) is 20.9. The number of aliphatic hydroxyl groups is 1. The maximum Gasteiger partial charge on any atom is 0.290 e. The molecule has 0 aliphatic carbocycles. The monoisotopic (exact) mass is 423 g/mol. The van der Waals surface area contributed by atoms with Gasteiger partial charge in [-0.3, -0.25) is 9.59 Å². The molecular formula is C24H25NO6. The smallest absolute Gasteiger partial charge is 0.290 e. The Kier molecular flexibility index (Phi) is 5.69. The van der Waals surface area contributed by atoms with Gasteiger partial charge in [0.05, 0.1) is 36.8 Å². The third-order valence-electron chi connectivity index (χ3n) is 5.35. The van der Waals surface area contributed by atoms with Crippen molar-refractivity contribution in [3.8, 4) is 11.5 Å². The summed E-state index contributed by atoms with van der Waals surface area (Å²) in [4.78, 5) is 28.1. The predicted molar refractivity (Wildman–Crippen MR) is 116 cm³/mol. The van der Waals surface area contributed by atoms with E-state index in [1.54, 1.807) is 24.3 Å². The topological polar surface area (TPSA) is 89.2 Å². The molecule has 4 rings (SSSR count). The first-order valence-corrected chi connectivity index (χ1v) is 10.4. The van der Waals surface area contributed by atoms with Crippen LogP contribution in [0.3, 0.4) is 0 Å². The molecule has 1 aliphatic rings. The Morgan fingerprint density at radius 3 is 2.48 bits per heavy atom. The zero-order valence-corrected chi connectivity index (χ0v) is 17.8. The molecule has 7 nitrogen and oxygen atoms in total. The van der Waals surface area contributed by atoms with Gasteiger partial charge in [0.15, 0.2) is 16.9 Å². The SMILES string of the molecule is CCOc1ccc([C@@H]2c3c(oc4ccc(C)cc4c3=O)C(=O)N2CCO)cc1OCC. The van der Waals surface area contributed by atoms with Crippen LogP contribution in [0.25, 0.3) is 11.0 Å². The summed E-state index contributed by atoms with van der Waals surface area (Å²) in [6.45, 7) is 6.41. The average Bonchev–Trinajstić information content (AvgIpc) is 3.03. The largest absolute Gasteiger partial charge is 0.490 e. The minimum atomic E-state index is -0.689. The number of rotatable bonds is 7. The van der Waals surface area contributed by atoms with Gasteiger partial charge in [0.2, 0.25) is 5.76 Å². The molecule has 31 heavy (non-hydrogen) atoms. The first-order valence-electron chi connectivity index (χ1n) is 10.4. The highest BCUT2D eigenvalue weighted by Crippen LogP contribution is 2.40. The van der Waals surface area contributed by atoms with Gasteiger partial charge < -0.3 is 23.9 Å². The molecule has 0 saturated heterocycles. The van der Waals surface area contributed by atoms with Crippen LogP contribution in [-0.2, 0) is 0 Å². The molecule has 0 spiro atoms. The van der Waals surface area contributed by atoms with Crippen LogP contribution in [0.15, 0.2) is 45.6 Å². The van der Waals surface area contributed by atoms with Gasteiger partial charge in [-0.25, -0.2) is 0 Å². The summed E-state index contributed by atoms with van der Waals surface area (Å²) in [5, 5.41) is 10.0. The Balaban J connectivity index is 1.94. The molecule has 1 N–H and O–H groups in total. The summed E-state index contributed by atoms with van der Waals surface area (Å²) in [5.74, 6) is 0.729. The maximum atomic E-state index is 13.5. The van der Waals surface area contributed by atoms with Crippen LogP contribution in [0.4, 0.5) is 0 Å². The Hall–Kier alpha value is -3.32. The van der Waals surface area contributed by atoms with E-state index in [0.717, 1.165) is 5.56 Å². The van der Waals surface area contributed by atoms with E-state index < -0.39 is 11.9 Å². The van der Waals surface area contributed by atoms with Crippen LogP contribution in [0.5, 0.6) is 11.5 Å². The fourth-order valence-corrected chi connectivity index (χ4v) is 4.06. The molecule has 2 heterocycles. The second-order valence-electron chi connectivity index (χ2n) is 7.37. The lowest BCUT2D eigenvalue weighted by Crippen LogP contribution is -2.32. The van der Waals surface area contributed by atoms with E-state index in [1.807, 2.05) is 32.9 Å². The van der Waals surface area contributed by atoms with Gasteiger partial charge in [-0.15, -0.1) is 0 Å². The number of carbonyl (C=O) groups is 1. The second-order valence-corrected chi connectivity index (χ2v) is 7.37. The molecule has 162 valence electrons. The minimum absolute atomic E-state index is 0.0200. The lowest BCUT2D eigenvalue weighted by atomic mass is 9.97. The molecule has 0 unspecified atom stereocenters. The number of fused-ring (bicyclic) bond motifs is 2. The Labute approximate surface area is 179 Å². The number of ether oxygens (including phenoxy) is 2. The Morgan fingerprint density at radius 1 is 1.03 bits per heavy atom. The molecule has 1 aromatic heterocycles. The van der Waals surface area contributed by atoms with Crippen LogP contribution in [0, 0.1) is 6.92 Å².